The van der Waals surface area contributed by atoms with E-state index in [1.165, 1.54) is 0 Å². The van der Waals surface area contributed by atoms with Gasteiger partial charge < -0.3 is 20.3 Å². The third-order valence-electron chi connectivity index (χ3n) is 5.04. The van der Waals surface area contributed by atoms with E-state index in [0.29, 0.717) is 24.0 Å². The number of hydrogen-bond donors (Lipinski definition) is 2. The van der Waals surface area contributed by atoms with E-state index in [4.69, 9.17) is 15.2 Å². The predicted octanol–water partition coefficient (Wildman–Crippen LogP) is 2.89. The first-order chi connectivity index (χ1) is 10.1. The van der Waals surface area contributed by atoms with Gasteiger partial charge in [-0.1, -0.05) is 25.5 Å². The molecule has 1 aromatic rings. The predicted molar refractivity (Wildman–Crippen MR) is 83.6 cm³/mol. The van der Waals surface area contributed by atoms with Crippen molar-refractivity contribution in [2.75, 3.05) is 20.8 Å². The first-order valence-electron chi connectivity index (χ1n) is 7.71. The van der Waals surface area contributed by atoms with Gasteiger partial charge >= 0.3 is 0 Å². The van der Waals surface area contributed by atoms with Crippen LogP contribution in [-0.2, 0) is 0 Å². The Bertz CT molecular complexity index is 477. The van der Waals surface area contributed by atoms with Crippen LogP contribution >= 0.6 is 0 Å². The van der Waals surface area contributed by atoms with Crippen molar-refractivity contribution >= 4 is 0 Å². The third-order valence-corrected chi connectivity index (χ3v) is 5.04. The van der Waals surface area contributed by atoms with Gasteiger partial charge in [-0.05, 0) is 31.2 Å². The molecule has 0 radical (unpaired) electrons. The molecule has 0 saturated heterocycles. The Kier molecular flexibility index (Phi) is 5.12. The summed E-state index contributed by atoms with van der Waals surface area (Å²) in [6, 6.07) is 5.63. The molecule has 3 N–H and O–H groups in total. The van der Waals surface area contributed by atoms with E-state index >= 15 is 0 Å². The molecule has 21 heavy (non-hydrogen) atoms. The van der Waals surface area contributed by atoms with E-state index < -0.39 is 6.10 Å². The van der Waals surface area contributed by atoms with Gasteiger partial charge in [0.2, 0.25) is 0 Å². The summed E-state index contributed by atoms with van der Waals surface area (Å²) in [5.74, 6) is 1.91. The summed E-state index contributed by atoms with van der Waals surface area (Å²) in [6.45, 7) is 2.70. The maximum atomic E-state index is 11.0. The number of benzene rings is 1. The second-order valence-corrected chi connectivity index (χ2v) is 6.07. The summed E-state index contributed by atoms with van der Waals surface area (Å²) in [7, 11) is 3.21. The molecule has 1 aromatic carbocycles. The maximum absolute atomic E-state index is 11.0. The third kappa shape index (κ3) is 2.87. The maximum Gasteiger partial charge on any atom is 0.166 e. The summed E-state index contributed by atoms with van der Waals surface area (Å²) in [5, 5.41) is 11.0. The minimum atomic E-state index is -0.621. The molecule has 1 aliphatic carbocycles. The van der Waals surface area contributed by atoms with Crippen LogP contribution in [0.4, 0.5) is 0 Å². The number of para-hydroxylation sites is 1. The Morgan fingerprint density at radius 2 is 2.14 bits per heavy atom. The largest absolute Gasteiger partial charge is 0.493 e. The Hall–Kier alpha value is -1.26. The molecule has 0 aromatic heterocycles. The molecular weight excluding hydrogens is 266 g/mol. The van der Waals surface area contributed by atoms with Crippen LogP contribution in [0.15, 0.2) is 18.2 Å². The lowest BCUT2D eigenvalue weighted by Crippen LogP contribution is -2.34. The first-order valence-corrected chi connectivity index (χ1v) is 7.71. The van der Waals surface area contributed by atoms with Crippen molar-refractivity contribution < 1.29 is 14.6 Å². The van der Waals surface area contributed by atoms with Crippen LogP contribution in [0.5, 0.6) is 11.5 Å². The zero-order valence-corrected chi connectivity index (χ0v) is 13.3. The number of hydrogen-bond acceptors (Lipinski definition) is 4. The number of aliphatic hydroxyl groups excluding tert-OH is 1. The summed E-state index contributed by atoms with van der Waals surface area (Å²) in [6.07, 6.45) is 3.59. The molecule has 1 aliphatic rings. The van der Waals surface area contributed by atoms with Crippen LogP contribution in [0.1, 0.15) is 44.3 Å². The van der Waals surface area contributed by atoms with Crippen LogP contribution in [0.2, 0.25) is 0 Å². The molecule has 0 heterocycles. The Labute approximate surface area is 127 Å². The van der Waals surface area contributed by atoms with Crippen LogP contribution < -0.4 is 15.2 Å². The highest BCUT2D eigenvalue weighted by molar-refractivity contribution is 5.48. The van der Waals surface area contributed by atoms with Crippen LogP contribution in [-0.4, -0.2) is 25.9 Å². The second kappa shape index (κ2) is 6.67. The molecular formula is C17H27NO3. The SMILES string of the molecule is CCC1CCC(CN)(C(O)c2cccc(OC)c2OC)C1. The minimum absolute atomic E-state index is 0.250. The molecule has 1 fully saturated rings. The van der Waals surface area contributed by atoms with Gasteiger partial charge in [0.25, 0.3) is 0 Å². The molecule has 0 amide bonds. The van der Waals surface area contributed by atoms with E-state index in [1.54, 1.807) is 14.2 Å². The van der Waals surface area contributed by atoms with Gasteiger partial charge in [0.1, 0.15) is 0 Å². The molecule has 0 spiro atoms. The highest BCUT2D eigenvalue weighted by atomic mass is 16.5. The highest BCUT2D eigenvalue weighted by Gasteiger charge is 2.44. The number of ether oxygens (including phenoxy) is 2. The molecule has 118 valence electrons. The highest BCUT2D eigenvalue weighted by Crippen LogP contribution is 2.52. The van der Waals surface area contributed by atoms with Gasteiger partial charge in [0, 0.05) is 17.5 Å². The monoisotopic (exact) mass is 293 g/mol. The molecule has 4 heteroatoms. The van der Waals surface area contributed by atoms with Crippen molar-refractivity contribution in [3.05, 3.63) is 23.8 Å². The van der Waals surface area contributed by atoms with Gasteiger partial charge in [-0.3, -0.25) is 0 Å². The quantitative estimate of drug-likeness (QED) is 0.846. The molecule has 3 atom stereocenters. The Morgan fingerprint density at radius 1 is 1.38 bits per heavy atom. The fraction of sp³-hybridized carbons (Fsp3) is 0.647. The fourth-order valence-corrected chi connectivity index (χ4v) is 3.62. The summed E-state index contributed by atoms with van der Waals surface area (Å²) in [5.41, 5.74) is 6.58. The van der Waals surface area contributed by atoms with E-state index in [9.17, 15) is 5.11 Å². The molecule has 3 unspecified atom stereocenters. The van der Waals surface area contributed by atoms with Crippen LogP contribution in [0, 0.1) is 11.3 Å². The molecule has 0 aliphatic heterocycles. The number of rotatable bonds is 6. The number of methoxy groups -OCH3 is 2. The normalized spacial score (nSPS) is 26.6. The lowest BCUT2D eigenvalue weighted by Gasteiger charge is -2.34. The molecule has 1 saturated carbocycles. The average molecular weight is 293 g/mol. The van der Waals surface area contributed by atoms with Gasteiger partial charge in [-0.15, -0.1) is 0 Å². The lowest BCUT2D eigenvalue weighted by molar-refractivity contribution is 0.0281. The van der Waals surface area contributed by atoms with Crippen molar-refractivity contribution in [2.24, 2.45) is 17.1 Å². The summed E-state index contributed by atoms with van der Waals surface area (Å²) >= 11 is 0. The lowest BCUT2D eigenvalue weighted by atomic mass is 9.76. The Morgan fingerprint density at radius 3 is 2.67 bits per heavy atom. The smallest absolute Gasteiger partial charge is 0.166 e. The van der Waals surface area contributed by atoms with E-state index in [2.05, 4.69) is 6.92 Å². The van der Waals surface area contributed by atoms with E-state index in [0.717, 1.165) is 31.2 Å². The van der Waals surface area contributed by atoms with Crippen molar-refractivity contribution in [1.82, 2.24) is 0 Å². The minimum Gasteiger partial charge on any atom is -0.493 e. The molecule has 2 rings (SSSR count). The topological polar surface area (TPSA) is 64.7 Å². The van der Waals surface area contributed by atoms with Crippen molar-refractivity contribution in [3.63, 3.8) is 0 Å². The zero-order chi connectivity index (χ0) is 15.5. The second-order valence-electron chi connectivity index (χ2n) is 6.07. The van der Waals surface area contributed by atoms with Gasteiger partial charge in [-0.25, -0.2) is 0 Å². The average Bonchev–Trinajstić information content (AvgIpc) is 2.98. The van der Waals surface area contributed by atoms with Gasteiger partial charge in [0.05, 0.1) is 20.3 Å². The fourth-order valence-electron chi connectivity index (χ4n) is 3.62. The van der Waals surface area contributed by atoms with Gasteiger partial charge in [-0.2, -0.15) is 0 Å². The number of aliphatic hydroxyl groups is 1. The standard InChI is InChI=1S/C17H27NO3/c1-4-12-8-9-17(10-12,11-18)16(19)13-6-5-7-14(20-2)15(13)21-3/h5-7,12,16,19H,4,8-11,18H2,1-3H3. The zero-order valence-electron chi connectivity index (χ0n) is 13.3. The van der Waals surface area contributed by atoms with Gasteiger partial charge in [0.15, 0.2) is 11.5 Å². The molecule has 4 nitrogen and oxygen atoms in total. The first kappa shape index (κ1) is 16.1. The van der Waals surface area contributed by atoms with Crippen LogP contribution in [0.25, 0.3) is 0 Å². The van der Waals surface area contributed by atoms with Crippen LogP contribution in [0.3, 0.4) is 0 Å². The summed E-state index contributed by atoms with van der Waals surface area (Å²) < 4.78 is 10.8. The van der Waals surface area contributed by atoms with E-state index in [-0.39, 0.29) is 5.41 Å². The van der Waals surface area contributed by atoms with E-state index in [1.807, 2.05) is 18.2 Å². The van der Waals surface area contributed by atoms with Crippen molar-refractivity contribution in [2.45, 2.75) is 38.7 Å². The van der Waals surface area contributed by atoms with Crippen molar-refractivity contribution in [3.8, 4) is 11.5 Å². The Balaban J connectivity index is 2.37. The molecule has 0 bridgehead atoms. The van der Waals surface area contributed by atoms with Crippen molar-refractivity contribution in [1.29, 1.82) is 0 Å². The number of nitrogens with two attached hydrogens (primary N) is 1. The summed E-state index contributed by atoms with van der Waals surface area (Å²) in [4.78, 5) is 0.